The molecule has 1 atom stereocenters. The number of aliphatic imine (C=N–C) groups is 1. The molecule has 9 nitrogen and oxygen atoms in total. The van der Waals surface area contributed by atoms with Crippen LogP contribution in [0.4, 0.5) is 5.69 Å². The number of hydrogen-bond donors (Lipinski definition) is 0. The van der Waals surface area contributed by atoms with Crippen LogP contribution in [0.5, 0.6) is 5.75 Å². The Kier molecular flexibility index (Phi) is 5.74. The lowest BCUT2D eigenvalue weighted by Gasteiger charge is -2.29. The van der Waals surface area contributed by atoms with Crippen LogP contribution in [0, 0.1) is 6.92 Å². The smallest absolute Gasteiger partial charge is 0.266 e. The molecule has 0 saturated heterocycles. The Labute approximate surface area is 194 Å². The Bertz CT molecular complexity index is 1260. The van der Waals surface area contributed by atoms with E-state index in [0.29, 0.717) is 40.5 Å². The summed E-state index contributed by atoms with van der Waals surface area (Å²) >= 11 is 1.33. The highest BCUT2D eigenvalue weighted by molar-refractivity contribution is 8.13. The number of carbonyl (C=O) groups excluding carboxylic acids is 1. The van der Waals surface area contributed by atoms with Crippen LogP contribution in [-0.2, 0) is 10.5 Å². The number of thioether (sulfide) groups is 1. The molecule has 2 aliphatic rings. The first-order valence-electron chi connectivity index (χ1n) is 10.4. The zero-order valence-corrected chi connectivity index (χ0v) is 18.8. The van der Waals surface area contributed by atoms with Gasteiger partial charge in [0.05, 0.1) is 29.8 Å². The molecule has 5 rings (SSSR count). The lowest BCUT2D eigenvalue weighted by atomic mass is 10.1. The Morgan fingerprint density at radius 2 is 1.91 bits per heavy atom. The third-order valence-corrected chi connectivity index (χ3v) is 5.97. The highest BCUT2D eigenvalue weighted by Crippen LogP contribution is 2.33. The first-order valence-corrected chi connectivity index (χ1v) is 11.4. The van der Waals surface area contributed by atoms with Crippen molar-refractivity contribution >= 4 is 28.5 Å². The van der Waals surface area contributed by atoms with Gasteiger partial charge in [0, 0.05) is 5.56 Å². The first-order chi connectivity index (χ1) is 16.1. The fourth-order valence-corrected chi connectivity index (χ4v) is 4.24. The van der Waals surface area contributed by atoms with E-state index in [0.717, 1.165) is 16.9 Å². The molecule has 0 N–H and O–H groups in total. The Hall–Kier alpha value is -3.79. The summed E-state index contributed by atoms with van der Waals surface area (Å²) in [5.41, 5.74) is 3.15. The summed E-state index contributed by atoms with van der Waals surface area (Å²) in [7, 11) is 0. The van der Waals surface area contributed by atoms with Crippen molar-refractivity contribution in [2.75, 3.05) is 11.5 Å². The number of nitrogens with zero attached hydrogens (tertiary/aromatic N) is 6. The number of hydrogen-bond acceptors (Lipinski definition) is 9. The zero-order chi connectivity index (χ0) is 22.8. The van der Waals surface area contributed by atoms with Crippen LogP contribution in [0.25, 0.3) is 11.4 Å². The number of anilines is 1. The lowest BCUT2D eigenvalue weighted by Crippen LogP contribution is -2.42. The van der Waals surface area contributed by atoms with Crippen molar-refractivity contribution in [2.24, 2.45) is 15.2 Å². The molecule has 33 heavy (non-hydrogen) atoms. The Balaban J connectivity index is 1.38. The normalized spacial score (nSPS) is 17.1. The molecular weight excluding hydrogens is 440 g/mol. The summed E-state index contributed by atoms with van der Waals surface area (Å²) in [6.45, 7) is 4.51. The van der Waals surface area contributed by atoms with Gasteiger partial charge < -0.3 is 9.26 Å². The van der Waals surface area contributed by atoms with Gasteiger partial charge in [-0.25, -0.2) is 4.99 Å². The second-order valence-corrected chi connectivity index (χ2v) is 8.28. The van der Waals surface area contributed by atoms with Gasteiger partial charge in [0.1, 0.15) is 5.75 Å². The number of rotatable bonds is 6. The number of ether oxygens (including phenoxy) is 1. The highest BCUT2D eigenvalue weighted by atomic mass is 32.2. The van der Waals surface area contributed by atoms with Crippen LogP contribution in [0.3, 0.4) is 0 Å². The number of amidine groups is 1. The monoisotopic (exact) mass is 460 g/mol. The van der Waals surface area contributed by atoms with Crippen molar-refractivity contribution < 1.29 is 14.1 Å². The van der Waals surface area contributed by atoms with Gasteiger partial charge in [-0.2, -0.15) is 15.2 Å². The molecule has 3 aromatic rings. The van der Waals surface area contributed by atoms with Crippen LogP contribution in [0.2, 0.25) is 0 Å². The Morgan fingerprint density at radius 1 is 1.12 bits per heavy atom. The molecule has 1 unspecified atom stereocenters. The van der Waals surface area contributed by atoms with Crippen molar-refractivity contribution in [1.82, 2.24) is 10.1 Å². The van der Waals surface area contributed by atoms with E-state index in [1.54, 1.807) is 4.90 Å². The fourth-order valence-electron chi connectivity index (χ4n) is 3.37. The maximum Gasteiger partial charge on any atom is 0.266 e. The predicted octanol–water partition coefficient (Wildman–Crippen LogP) is 4.76. The first kappa shape index (κ1) is 21.1. The SMILES string of the molecule is CCOc1ccc(N2C(=O)C3=CN=NC3N=C2SCc2nc(-c3ccc(C)cc3)no2)cc1. The van der Waals surface area contributed by atoms with Crippen LogP contribution in [-0.4, -0.2) is 34.0 Å². The molecule has 0 fully saturated rings. The summed E-state index contributed by atoms with van der Waals surface area (Å²) < 4.78 is 10.9. The van der Waals surface area contributed by atoms with E-state index in [1.165, 1.54) is 18.0 Å². The molecule has 0 saturated carbocycles. The van der Waals surface area contributed by atoms with Crippen LogP contribution in [0.15, 0.2) is 80.0 Å². The van der Waals surface area contributed by atoms with Gasteiger partial charge in [-0.1, -0.05) is 46.7 Å². The van der Waals surface area contributed by atoms with Gasteiger partial charge in [0.2, 0.25) is 11.7 Å². The van der Waals surface area contributed by atoms with Crippen molar-refractivity contribution in [1.29, 1.82) is 0 Å². The van der Waals surface area contributed by atoms with Gasteiger partial charge in [-0.05, 0) is 38.1 Å². The molecule has 0 radical (unpaired) electrons. The standard InChI is InChI=1S/C23H20N6O3S/c1-3-31-17-10-8-16(9-11-17)29-22(30)18-12-24-27-21(18)26-23(29)33-13-19-25-20(28-32-19)15-6-4-14(2)5-7-15/h4-12,21H,3,13H2,1-2H3. The molecule has 2 aromatic carbocycles. The fraction of sp³-hybridized carbons (Fsp3) is 0.217. The summed E-state index contributed by atoms with van der Waals surface area (Å²) in [4.78, 5) is 23.9. The van der Waals surface area contributed by atoms with E-state index in [9.17, 15) is 4.79 Å². The van der Waals surface area contributed by atoms with Gasteiger partial charge in [-0.15, -0.1) is 0 Å². The number of aromatic nitrogens is 2. The lowest BCUT2D eigenvalue weighted by molar-refractivity contribution is -0.114. The van der Waals surface area contributed by atoms with Crippen molar-refractivity contribution in [3.63, 3.8) is 0 Å². The second-order valence-electron chi connectivity index (χ2n) is 7.33. The molecule has 1 aromatic heterocycles. The van der Waals surface area contributed by atoms with E-state index in [1.807, 2.05) is 62.4 Å². The molecule has 2 aliphatic heterocycles. The predicted molar refractivity (Wildman–Crippen MR) is 125 cm³/mol. The number of fused-ring (bicyclic) bond motifs is 1. The third-order valence-electron chi connectivity index (χ3n) is 5.03. The van der Waals surface area contributed by atoms with Crippen LogP contribution >= 0.6 is 11.8 Å². The van der Waals surface area contributed by atoms with E-state index >= 15 is 0 Å². The van der Waals surface area contributed by atoms with E-state index in [4.69, 9.17) is 9.26 Å². The summed E-state index contributed by atoms with van der Waals surface area (Å²) in [5, 5.41) is 12.5. The maximum absolute atomic E-state index is 13.2. The number of azo groups is 1. The minimum absolute atomic E-state index is 0.211. The average molecular weight is 461 g/mol. The quantitative estimate of drug-likeness (QED) is 0.525. The van der Waals surface area contributed by atoms with Gasteiger partial charge >= 0.3 is 0 Å². The molecule has 166 valence electrons. The molecule has 10 heteroatoms. The number of amides is 1. The topological polar surface area (TPSA) is 106 Å². The van der Waals surface area contributed by atoms with E-state index < -0.39 is 6.17 Å². The molecule has 1 amide bonds. The zero-order valence-electron chi connectivity index (χ0n) is 18.0. The van der Waals surface area contributed by atoms with Gasteiger partial charge in [0.25, 0.3) is 5.91 Å². The van der Waals surface area contributed by atoms with Gasteiger partial charge in [-0.3, -0.25) is 9.69 Å². The molecule has 3 heterocycles. The van der Waals surface area contributed by atoms with Crippen molar-refractivity contribution in [3.05, 3.63) is 71.8 Å². The van der Waals surface area contributed by atoms with Gasteiger partial charge in [0.15, 0.2) is 11.3 Å². The van der Waals surface area contributed by atoms with Crippen LogP contribution < -0.4 is 9.64 Å². The average Bonchev–Trinajstić information content (AvgIpc) is 3.49. The summed E-state index contributed by atoms with van der Waals surface area (Å²) in [6.07, 6.45) is 0.843. The highest BCUT2D eigenvalue weighted by Gasteiger charge is 2.37. The second kappa shape index (κ2) is 8.99. The molecule has 0 bridgehead atoms. The number of aryl methyl sites for hydroxylation is 1. The Morgan fingerprint density at radius 3 is 2.67 bits per heavy atom. The van der Waals surface area contributed by atoms with Crippen LogP contribution in [0.1, 0.15) is 18.4 Å². The minimum atomic E-state index is -0.621. The van der Waals surface area contributed by atoms with Crippen molar-refractivity contribution in [2.45, 2.75) is 25.8 Å². The van der Waals surface area contributed by atoms with E-state index in [2.05, 4.69) is 25.4 Å². The summed E-state index contributed by atoms with van der Waals surface area (Å²) in [5.74, 6) is 1.82. The van der Waals surface area contributed by atoms with Crippen molar-refractivity contribution in [3.8, 4) is 17.1 Å². The molecule has 0 aliphatic carbocycles. The third kappa shape index (κ3) is 4.29. The molecular formula is C23H20N6O3S. The molecule has 0 spiro atoms. The number of carbonyl (C=O) groups is 1. The largest absolute Gasteiger partial charge is 0.494 e. The minimum Gasteiger partial charge on any atom is -0.494 e. The number of benzene rings is 2. The summed E-state index contributed by atoms with van der Waals surface area (Å²) in [6, 6.07) is 15.2. The van der Waals surface area contributed by atoms with E-state index in [-0.39, 0.29) is 5.91 Å². The maximum atomic E-state index is 13.2.